The van der Waals surface area contributed by atoms with Gasteiger partial charge in [0.1, 0.15) is 15.0 Å². The molecule has 0 aliphatic rings. The van der Waals surface area contributed by atoms with E-state index in [2.05, 4.69) is 16.4 Å². The van der Waals surface area contributed by atoms with Crippen molar-refractivity contribution in [3.8, 4) is 16.3 Å². The van der Waals surface area contributed by atoms with Crippen molar-refractivity contribution in [3.05, 3.63) is 89.8 Å². The molecule has 5 rings (SSSR count). The maximum atomic E-state index is 12.7. The second kappa shape index (κ2) is 12.1. The normalized spacial score (nSPS) is 11.3. The number of thiophene rings is 1. The number of esters is 1. The number of hydrogen-bond acceptors (Lipinski definition) is 9. The van der Waals surface area contributed by atoms with Crippen LogP contribution in [0.2, 0.25) is 0 Å². The first-order valence-electron chi connectivity index (χ1n) is 12.4. The molecule has 1 N–H and O–H groups in total. The number of benzene rings is 3. The van der Waals surface area contributed by atoms with Crippen LogP contribution in [0.25, 0.3) is 20.8 Å². The van der Waals surface area contributed by atoms with Gasteiger partial charge in [-0.15, -0.1) is 22.7 Å². The summed E-state index contributed by atoms with van der Waals surface area (Å²) in [4.78, 5) is 29.0. The maximum absolute atomic E-state index is 12.7. The molecule has 0 saturated carbocycles. The summed E-state index contributed by atoms with van der Waals surface area (Å²) in [5.41, 5.74) is 4.07. The summed E-state index contributed by atoms with van der Waals surface area (Å²) < 4.78 is 38.3. The highest BCUT2D eigenvalue weighted by Gasteiger charge is 2.22. The molecule has 210 valence electrons. The highest BCUT2D eigenvalue weighted by Crippen LogP contribution is 2.31. The van der Waals surface area contributed by atoms with Crippen molar-refractivity contribution < 1.29 is 27.5 Å². The molecule has 0 bridgehead atoms. The molecule has 5 aromatic rings. The Bertz CT molecular complexity index is 1780. The molecule has 12 heteroatoms. The fourth-order valence-electron chi connectivity index (χ4n) is 3.81. The Kier molecular flexibility index (Phi) is 8.34. The minimum Gasteiger partial charge on any atom is -0.482 e. The standard InChI is InChI=1S/C29H25N3O6S3/c1-19-5-14-24-25(16-19)40-29(31-24)20-6-8-21(9-7-20)30-26(33)17-38-27(34)18-37-23-12-10-22(11-13-23)32(2)41(35,36)28-4-3-15-39-28/h3-16H,17-18H2,1-2H3,(H,30,33). The van der Waals surface area contributed by atoms with Gasteiger partial charge in [-0.2, -0.15) is 0 Å². The summed E-state index contributed by atoms with van der Waals surface area (Å²) in [5.74, 6) is -0.857. The van der Waals surface area contributed by atoms with Crippen molar-refractivity contribution >= 4 is 66.2 Å². The number of fused-ring (bicyclic) bond motifs is 1. The summed E-state index contributed by atoms with van der Waals surface area (Å²) in [6, 6.07) is 22.9. The van der Waals surface area contributed by atoms with Crippen LogP contribution in [0.1, 0.15) is 5.56 Å². The number of hydrogen-bond donors (Lipinski definition) is 1. The van der Waals surface area contributed by atoms with Gasteiger partial charge >= 0.3 is 5.97 Å². The van der Waals surface area contributed by atoms with Gasteiger partial charge in [0, 0.05) is 18.3 Å². The van der Waals surface area contributed by atoms with E-state index in [1.807, 2.05) is 31.2 Å². The lowest BCUT2D eigenvalue weighted by molar-refractivity contribution is -0.149. The van der Waals surface area contributed by atoms with E-state index in [4.69, 9.17) is 9.47 Å². The molecule has 3 aromatic carbocycles. The Balaban J connectivity index is 1.07. The third-order valence-electron chi connectivity index (χ3n) is 5.99. The number of thiazole rings is 1. The molecule has 2 heterocycles. The van der Waals surface area contributed by atoms with Crippen LogP contribution in [0.4, 0.5) is 11.4 Å². The number of nitrogens with zero attached hydrogens (tertiary/aromatic N) is 2. The van der Waals surface area contributed by atoms with Crippen molar-refractivity contribution in [2.45, 2.75) is 11.1 Å². The molecule has 2 aromatic heterocycles. The lowest BCUT2D eigenvalue weighted by Gasteiger charge is -2.18. The maximum Gasteiger partial charge on any atom is 0.344 e. The number of anilines is 2. The Morgan fingerprint density at radius 2 is 1.73 bits per heavy atom. The van der Waals surface area contributed by atoms with Gasteiger partial charge < -0.3 is 14.8 Å². The highest BCUT2D eigenvalue weighted by atomic mass is 32.2. The van der Waals surface area contributed by atoms with E-state index >= 15 is 0 Å². The molecule has 0 saturated heterocycles. The van der Waals surface area contributed by atoms with E-state index in [0.717, 1.165) is 32.1 Å². The fraction of sp³-hybridized carbons (Fsp3) is 0.138. The molecule has 9 nitrogen and oxygen atoms in total. The Morgan fingerprint density at radius 1 is 0.976 bits per heavy atom. The average Bonchev–Trinajstić information content (AvgIpc) is 3.66. The molecule has 0 aliphatic carbocycles. The Hall–Kier alpha value is -4.26. The zero-order valence-electron chi connectivity index (χ0n) is 22.1. The second-order valence-electron chi connectivity index (χ2n) is 8.96. The van der Waals surface area contributed by atoms with Crippen molar-refractivity contribution in [2.75, 3.05) is 29.9 Å². The highest BCUT2D eigenvalue weighted by molar-refractivity contribution is 7.94. The monoisotopic (exact) mass is 607 g/mol. The summed E-state index contributed by atoms with van der Waals surface area (Å²) in [5, 5.41) is 5.29. The van der Waals surface area contributed by atoms with Gasteiger partial charge in [0.05, 0.1) is 15.9 Å². The van der Waals surface area contributed by atoms with Gasteiger partial charge in [-0.05, 0) is 84.6 Å². The van der Waals surface area contributed by atoms with Crippen LogP contribution in [-0.2, 0) is 24.3 Å². The zero-order valence-corrected chi connectivity index (χ0v) is 24.5. The topological polar surface area (TPSA) is 115 Å². The van der Waals surface area contributed by atoms with Crippen LogP contribution >= 0.6 is 22.7 Å². The van der Waals surface area contributed by atoms with E-state index < -0.39 is 35.1 Å². The number of aryl methyl sites for hydroxylation is 1. The SMILES string of the molecule is Cc1ccc2nc(-c3ccc(NC(=O)COC(=O)COc4ccc(N(C)S(=O)(=O)c5cccs5)cc4)cc3)sc2c1. The van der Waals surface area contributed by atoms with Crippen LogP contribution < -0.4 is 14.4 Å². The van der Waals surface area contributed by atoms with Crippen molar-refractivity contribution in [2.24, 2.45) is 0 Å². The molecule has 0 aliphatic heterocycles. The van der Waals surface area contributed by atoms with Gasteiger partial charge in [-0.1, -0.05) is 12.1 Å². The van der Waals surface area contributed by atoms with Crippen LogP contribution in [0.5, 0.6) is 5.75 Å². The van der Waals surface area contributed by atoms with Crippen molar-refractivity contribution in [1.29, 1.82) is 0 Å². The summed E-state index contributed by atoms with van der Waals surface area (Å²) in [6.07, 6.45) is 0. The molecular formula is C29H25N3O6S3. The van der Waals surface area contributed by atoms with Crippen molar-refractivity contribution in [1.82, 2.24) is 4.98 Å². The van der Waals surface area contributed by atoms with Gasteiger partial charge in [0.15, 0.2) is 13.2 Å². The Labute approximate surface area is 245 Å². The number of ether oxygens (including phenoxy) is 2. The minimum atomic E-state index is -3.65. The number of rotatable bonds is 10. The van der Waals surface area contributed by atoms with Crippen LogP contribution in [-0.4, -0.2) is 45.5 Å². The lowest BCUT2D eigenvalue weighted by Crippen LogP contribution is -2.25. The number of amides is 1. The smallest absolute Gasteiger partial charge is 0.344 e. The van der Waals surface area contributed by atoms with E-state index in [1.54, 1.807) is 65.2 Å². The molecule has 0 fully saturated rings. The number of carbonyl (C=O) groups is 2. The van der Waals surface area contributed by atoms with Gasteiger partial charge in [0.2, 0.25) is 0 Å². The summed E-state index contributed by atoms with van der Waals surface area (Å²) >= 11 is 2.75. The summed E-state index contributed by atoms with van der Waals surface area (Å²) in [6.45, 7) is 1.17. The first-order valence-corrected chi connectivity index (χ1v) is 15.5. The zero-order chi connectivity index (χ0) is 29.0. The quantitative estimate of drug-likeness (QED) is 0.202. The van der Waals surface area contributed by atoms with Gasteiger partial charge in [0.25, 0.3) is 15.9 Å². The van der Waals surface area contributed by atoms with Crippen molar-refractivity contribution in [3.63, 3.8) is 0 Å². The predicted molar refractivity (Wildman–Crippen MR) is 161 cm³/mol. The van der Waals surface area contributed by atoms with Crippen LogP contribution in [0, 0.1) is 6.92 Å². The fourth-order valence-corrected chi connectivity index (χ4v) is 7.24. The van der Waals surface area contributed by atoms with E-state index in [1.165, 1.54) is 16.9 Å². The molecule has 0 atom stereocenters. The largest absolute Gasteiger partial charge is 0.482 e. The first-order chi connectivity index (χ1) is 19.7. The Morgan fingerprint density at radius 3 is 2.44 bits per heavy atom. The van der Waals surface area contributed by atoms with E-state index in [-0.39, 0.29) is 4.21 Å². The third kappa shape index (κ3) is 6.73. The minimum absolute atomic E-state index is 0.239. The molecule has 0 unspecified atom stereocenters. The van der Waals surface area contributed by atoms with E-state index in [9.17, 15) is 18.0 Å². The average molecular weight is 608 g/mol. The molecule has 41 heavy (non-hydrogen) atoms. The van der Waals surface area contributed by atoms with Crippen LogP contribution in [0.15, 0.2) is 88.5 Å². The number of carbonyl (C=O) groups excluding carboxylic acids is 2. The second-order valence-corrected chi connectivity index (χ2v) is 13.1. The van der Waals surface area contributed by atoms with Crippen LogP contribution in [0.3, 0.4) is 0 Å². The van der Waals surface area contributed by atoms with Gasteiger partial charge in [-0.3, -0.25) is 9.10 Å². The van der Waals surface area contributed by atoms with E-state index in [0.29, 0.717) is 17.1 Å². The first kappa shape index (κ1) is 28.3. The molecule has 1 amide bonds. The predicted octanol–water partition coefficient (Wildman–Crippen LogP) is 5.72. The van der Waals surface area contributed by atoms with Gasteiger partial charge in [-0.25, -0.2) is 18.2 Å². The number of sulfonamides is 1. The summed E-state index contributed by atoms with van der Waals surface area (Å²) in [7, 11) is -2.19. The lowest BCUT2D eigenvalue weighted by atomic mass is 10.2. The molecule has 0 radical (unpaired) electrons. The number of nitrogens with one attached hydrogen (secondary N) is 1. The molecular weight excluding hydrogens is 583 g/mol. The third-order valence-corrected chi connectivity index (χ3v) is 10.2. The molecule has 0 spiro atoms. The number of aromatic nitrogens is 1.